The number of aromatic nitrogens is 2. The Balaban J connectivity index is 1.46. The maximum Gasteiger partial charge on any atom is 0.338 e. The molecule has 0 fully saturated rings. The number of hydrogen-bond acceptors (Lipinski definition) is 6. The first-order valence-corrected chi connectivity index (χ1v) is 16.3. The van der Waals surface area contributed by atoms with Crippen LogP contribution < -0.4 is 19.6 Å². The molecule has 46 heavy (non-hydrogen) atoms. The Hall–Kier alpha value is -4.95. The summed E-state index contributed by atoms with van der Waals surface area (Å²) in [6.07, 6.45) is 1.83. The summed E-state index contributed by atoms with van der Waals surface area (Å²) >= 11 is 1.32. The zero-order chi connectivity index (χ0) is 32.5. The quantitative estimate of drug-likeness (QED) is 0.180. The summed E-state index contributed by atoms with van der Waals surface area (Å²) < 4.78 is 16.0. The molecule has 2 aromatic heterocycles. The van der Waals surface area contributed by atoms with Gasteiger partial charge >= 0.3 is 5.97 Å². The first-order chi connectivity index (χ1) is 22.2. The van der Waals surface area contributed by atoms with Crippen LogP contribution in [0.2, 0.25) is 0 Å². The number of ether oxygens (including phenoxy) is 2. The smallest absolute Gasteiger partial charge is 0.338 e. The van der Waals surface area contributed by atoms with E-state index in [1.54, 1.807) is 18.4 Å². The number of carbonyl (C=O) groups excluding carboxylic acids is 1. The van der Waals surface area contributed by atoms with Crippen molar-refractivity contribution in [2.45, 2.75) is 53.7 Å². The average molecular weight is 632 g/mol. The van der Waals surface area contributed by atoms with Crippen LogP contribution in [-0.4, -0.2) is 27.8 Å². The molecule has 5 aromatic rings. The van der Waals surface area contributed by atoms with E-state index in [1.165, 1.54) is 16.9 Å². The van der Waals surface area contributed by atoms with Gasteiger partial charge in [0.05, 0.1) is 28.5 Å². The molecule has 1 aliphatic heterocycles. The van der Waals surface area contributed by atoms with Gasteiger partial charge in [-0.3, -0.25) is 9.36 Å². The summed E-state index contributed by atoms with van der Waals surface area (Å²) in [6.45, 7) is 11.8. The monoisotopic (exact) mass is 631 g/mol. The van der Waals surface area contributed by atoms with Crippen LogP contribution in [0.1, 0.15) is 56.3 Å². The summed E-state index contributed by atoms with van der Waals surface area (Å²) in [5.41, 5.74) is 7.73. The van der Waals surface area contributed by atoms with Gasteiger partial charge in [-0.2, -0.15) is 0 Å². The lowest BCUT2D eigenvalue weighted by Gasteiger charge is -2.26. The molecule has 6 rings (SSSR count). The van der Waals surface area contributed by atoms with Gasteiger partial charge in [-0.1, -0.05) is 72.0 Å². The van der Waals surface area contributed by atoms with Crippen LogP contribution in [-0.2, 0) is 9.53 Å². The first kappa shape index (κ1) is 31.0. The van der Waals surface area contributed by atoms with E-state index in [4.69, 9.17) is 14.5 Å². The number of rotatable bonds is 8. The van der Waals surface area contributed by atoms with E-state index in [2.05, 4.69) is 60.9 Å². The second-order valence-electron chi connectivity index (χ2n) is 11.6. The van der Waals surface area contributed by atoms with Crippen molar-refractivity contribution in [2.24, 2.45) is 4.99 Å². The summed E-state index contributed by atoms with van der Waals surface area (Å²) in [5, 5.41) is 0. The Morgan fingerprint density at radius 1 is 0.957 bits per heavy atom. The van der Waals surface area contributed by atoms with Gasteiger partial charge in [0, 0.05) is 22.6 Å². The Morgan fingerprint density at radius 2 is 1.63 bits per heavy atom. The third-order valence-electron chi connectivity index (χ3n) is 8.08. The van der Waals surface area contributed by atoms with Crippen molar-refractivity contribution >= 4 is 23.4 Å². The number of fused-ring (bicyclic) bond motifs is 1. The van der Waals surface area contributed by atoms with Gasteiger partial charge in [0.15, 0.2) is 4.80 Å². The normalized spacial score (nSPS) is 14.8. The zero-order valence-electron chi connectivity index (χ0n) is 26.9. The Kier molecular flexibility index (Phi) is 8.65. The van der Waals surface area contributed by atoms with Crippen LogP contribution in [0.5, 0.6) is 5.75 Å². The Labute approximate surface area is 272 Å². The molecule has 0 bridgehead atoms. The molecule has 0 amide bonds. The van der Waals surface area contributed by atoms with Crippen LogP contribution in [0.4, 0.5) is 0 Å². The van der Waals surface area contributed by atoms with E-state index in [9.17, 15) is 9.59 Å². The topological polar surface area (TPSA) is 74.8 Å². The van der Waals surface area contributed by atoms with Crippen molar-refractivity contribution < 1.29 is 14.3 Å². The van der Waals surface area contributed by atoms with Crippen molar-refractivity contribution in [2.75, 3.05) is 6.61 Å². The zero-order valence-corrected chi connectivity index (χ0v) is 27.7. The molecule has 234 valence electrons. The van der Waals surface area contributed by atoms with Crippen molar-refractivity contribution in [1.29, 1.82) is 0 Å². The SMILES string of the molecule is CCOC(=O)C1=C(C)N=c2s/c(=C\c3cc(C)n(-c4ccc(-c5ccccc5)cc4)c3C)c(=O)n2[C@@H]1c1ccccc1OC(C)C. The maximum atomic E-state index is 14.3. The van der Waals surface area contributed by atoms with Gasteiger partial charge in [0.1, 0.15) is 11.8 Å². The predicted octanol–water partition coefficient (Wildman–Crippen LogP) is 6.66. The lowest BCUT2D eigenvalue weighted by molar-refractivity contribution is -0.139. The molecule has 0 unspecified atom stereocenters. The highest BCUT2D eigenvalue weighted by Crippen LogP contribution is 2.36. The Morgan fingerprint density at radius 3 is 2.33 bits per heavy atom. The van der Waals surface area contributed by atoms with Crippen LogP contribution in [0, 0.1) is 13.8 Å². The second-order valence-corrected chi connectivity index (χ2v) is 12.6. The number of hydrogen-bond donors (Lipinski definition) is 0. The second kappa shape index (κ2) is 12.8. The summed E-state index contributed by atoms with van der Waals surface area (Å²) in [6, 6.07) is 27.7. The highest BCUT2D eigenvalue weighted by Gasteiger charge is 2.35. The van der Waals surface area contributed by atoms with E-state index in [-0.39, 0.29) is 18.3 Å². The fraction of sp³-hybridized carbons (Fsp3) is 0.237. The number of para-hydroxylation sites is 1. The highest BCUT2D eigenvalue weighted by molar-refractivity contribution is 7.07. The minimum atomic E-state index is -0.747. The number of carbonyl (C=O) groups is 1. The lowest BCUT2D eigenvalue weighted by atomic mass is 9.95. The van der Waals surface area contributed by atoms with Crippen molar-refractivity contribution in [3.63, 3.8) is 0 Å². The highest BCUT2D eigenvalue weighted by atomic mass is 32.1. The predicted molar refractivity (Wildman–Crippen MR) is 183 cm³/mol. The molecule has 0 radical (unpaired) electrons. The fourth-order valence-corrected chi connectivity index (χ4v) is 7.10. The van der Waals surface area contributed by atoms with Crippen molar-refractivity contribution in [3.05, 3.63) is 138 Å². The molecule has 0 saturated heterocycles. The standard InChI is InChI=1S/C38H37N3O4S/c1-7-44-37(43)34-25(5)39-38-41(35(34)31-15-11-12-16-32(31)45-23(2)3)36(42)33(46-38)22-29-21-24(4)40(26(29)6)30-19-17-28(18-20-30)27-13-9-8-10-14-27/h8-23,35H,7H2,1-6H3/b33-22-/t35-/m1/s1. The molecule has 3 aromatic carbocycles. The molecule has 0 aliphatic carbocycles. The number of thiazole rings is 1. The minimum Gasteiger partial charge on any atom is -0.491 e. The van der Waals surface area contributed by atoms with Gasteiger partial charge in [0.2, 0.25) is 0 Å². The molecular weight excluding hydrogens is 595 g/mol. The lowest BCUT2D eigenvalue weighted by Crippen LogP contribution is -2.40. The van der Waals surface area contributed by atoms with Crippen LogP contribution in [0.3, 0.4) is 0 Å². The number of aryl methyl sites for hydroxylation is 1. The molecule has 1 aliphatic rings. The summed E-state index contributed by atoms with van der Waals surface area (Å²) in [7, 11) is 0. The average Bonchev–Trinajstić information content (AvgIpc) is 3.50. The first-order valence-electron chi connectivity index (χ1n) is 15.5. The number of esters is 1. The van der Waals surface area contributed by atoms with Crippen LogP contribution in [0.25, 0.3) is 22.9 Å². The molecule has 0 saturated carbocycles. The largest absolute Gasteiger partial charge is 0.491 e. The summed E-state index contributed by atoms with van der Waals surface area (Å²) in [5.74, 6) is 0.111. The van der Waals surface area contributed by atoms with Gasteiger partial charge in [-0.05, 0) is 88.6 Å². The third kappa shape index (κ3) is 5.76. The van der Waals surface area contributed by atoms with E-state index >= 15 is 0 Å². The molecular formula is C38H37N3O4S. The van der Waals surface area contributed by atoms with E-state index in [0.717, 1.165) is 28.2 Å². The van der Waals surface area contributed by atoms with Gasteiger partial charge in [-0.25, -0.2) is 9.79 Å². The number of benzene rings is 3. The third-order valence-corrected chi connectivity index (χ3v) is 9.07. The van der Waals surface area contributed by atoms with Crippen molar-refractivity contribution in [1.82, 2.24) is 9.13 Å². The van der Waals surface area contributed by atoms with Crippen LogP contribution >= 0.6 is 11.3 Å². The van der Waals surface area contributed by atoms with E-state index in [1.807, 2.05) is 62.4 Å². The number of nitrogens with zero attached hydrogens (tertiary/aromatic N) is 3. The molecule has 7 nitrogen and oxygen atoms in total. The fourth-order valence-electron chi connectivity index (χ4n) is 6.06. The van der Waals surface area contributed by atoms with Gasteiger partial charge < -0.3 is 14.0 Å². The number of allylic oxidation sites excluding steroid dienone is 1. The van der Waals surface area contributed by atoms with Crippen molar-refractivity contribution in [3.8, 4) is 22.6 Å². The Bertz CT molecular complexity index is 2130. The van der Waals surface area contributed by atoms with Gasteiger partial charge in [0.25, 0.3) is 5.56 Å². The van der Waals surface area contributed by atoms with Gasteiger partial charge in [-0.15, -0.1) is 0 Å². The molecule has 3 heterocycles. The van der Waals surface area contributed by atoms with Crippen LogP contribution in [0.15, 0.2) is 106 Å². The molecule has 0 spiro atoms. The maximum absolute atomic E-state index is 14.3. The summed E-state index contributed by atoms with van der Waals surface area (Å²) in [4.78, 5) is 32.9. The molecule has 1 atom stereocenters. The molecule has 8 heteroatoms. The van der Waals surface area contributed by atoms with E-state index in [0.29, 0.717) is 31.9 Å². The molecule has 0 N–H and O–H groups in total. The van der Waals surface area contributed by atoms with E-state index < -0.39 is 12.0 Å². The minimum absolute atomic E-state index is 0.0992.